The number of aromatic nitrogens is 1. The molecule has 0 fully saturated rings. The Hall–Kier alpha value is -3.19. The molecule has 0 bridgehead atoms. The summed E-state index contributed by atoms with van der Waals surface area (Å²) in [5.74, 6) is -0.105. The summed E-state index contributed by atoms with van der Waals surface area (Å²) in [4.78, 5) is 27.2. The minimum Gasteiger partial charge on any atom is -0.483 e. The molecule has 27 heavy (non-hydrogen) atoms. The number of hydrogen-bond donors (Lipinski definition) is 2. The first-order valence-corrected chi connectivity index (χ1v) is 9.25. The Morgan fingerprint density at radius 3 is 2.59 bits per heavy atom. The van der Waals surface area contributed by atoms with Gasteiger partial charge in [-0.05, 0) is 17.2 Å². The average Bonchev–Trinajstić information content (AvgIpc) is 3.08. The van der Waals surface area contributed by atoms with Crippen molar-refractivity contribution in [3.8, 4) is 5.75 Å². The number of primary amides is 1. The molecular weight excluding hydrogens is 362 g/mol. The number of rotatable bonds is 8. The van der Waals surface area contributed by atoms with E-state index in [9.17, 15) is 9.59 Å². The van der Waals surface area contributed by atoms with E-state index in [0.717, 1.165) is 12.0 Å². The summed E-state index contributed by atoms with van der Waals surface area (Å²) in [5, 5.41) is 4.77. The zero-order chi connectivity index (χ0) is 19.1. The maximum absolute atomic E-state index is 12.1. The van der Waals surface area contributed by atoms with Gasteiger partial charge in [-0.2, -0.15) is 0 Å². The van der Waals surface area contributed by atoms with E-state index in [1.54, 1.807) is 5.38 Å². The lowest BCUT2D eigenvalue weighted by Gasteiger charge is -2.11. The van der Waals surface area contributed by atoms with Crippen LogP contribution in [0.3, 0.4) is 0 Å². The van der Waals surface area contributed by atoms with Gasteiger partial charge in [0.25, 0.3) is 5.91 Å². The number of thiazole rings is 1. The van der Waals surface area contributed by atoms with Gasteiger partial charge in [0.15, 0.2) is 11.7 Å². The van der Waals surface area contributed by atoms with Crippen molar-refractivity contribution >= 4 is 28.3 Å². The molecule has 3 N–H and O–H groups in total. The number of ether oxygens (including phenoxy) is 1. The highest BCUT2D eigenvalue weighted by Gasteiger charge is 2.10. The second kappa shape index (κ2) is 8.95. The summed E-state index contributed by atoms with van der Waals surface area (Å²) in [6.07, 6.45) is 0.775. The van der Waals surface area contributed by atoms with Crippen LogP contribution in [0.5, 0.6) is 5.75 Å². The number of benzene rings is 2. The monoisotopic (exact) mass is 381 g/mol. The van der Waals surface area contributed by atoms with Crippen LogP contribution in [0.25, 0.3) is 0 Å². The summed E-state index contributed by atoms with van der Waals surface area (Å²) in [6.45, 7) is -0.128. The third kappa shape index (κ3) is 5.65. The van der Waals surface area contributed by atoms with E-state index >= 15 is 0 Å². The SMILES string of the molecule is NC(=O)Cc1csc(NC(=O)COc2ccccc2Cc2ccccc2)n1. The van der Waals surface area contributed by atoms with Crippen LogP contribution in [0, 0.1) is 0 Å². The van der Waals surface area contributed by atoms with Gasteiger partial charge in [0.05, 0.1) is 12.1 Å². The molecule has 138 valence electrons. The first kappa shape index (κ1) is 18.6. The first-order chi connectivity index (χ1) is 13.1. The predicted octanol–water partition coefficient (Wildman–Crippen LogP) is 2.78. The molecule has 0 aliphatic rings. The van der Waals surface area contributed by atoms with Gasteiger partial charge < -0.3 is 10.5 Å². The molecule has 3 aromatic rings. The number of para-hydroxylation sites is 1. The van der Waals surface area contributed by atoms with Gasteiger partial charge in [-0.3, -0.25) is 14.9 Å². The molecule has 0 saturated heterocycles. The third-order valence-electron chi connectivity index (χ3n) is 3.72. The van der Waals surface area contributed by atoms with Crippen molar-refractivity contribution in [2.24, 2.45) is 5.73 Å². The second-order valence-electron chi connectivity index (χ2n) is 5.89. The minimum atomic E-state index is -0.462. The largest absolute Gasteiger partial charge is 0.483 e. The van der Waals surface area contributed by atoms with E-state index in [2.05, 4.69) is 22.4 Å². The van der Waals surface area contributed by atoms with Crippen molar-refractivity contribution in [3.63, 3.8) is 0 Å². The number of amides is 2. The van der Waals surface area contributed by atoms with Gasteiger partial charge in [0.1, 0.15) is 5.75 Å². The molecule has 0 unspecified atom stereocenters. The Morgan fingerprint density at radius 2 is 1.81 bits per heavy atom. The zero-order valence-corrected chi connectivity index (χ0v) is 15.4. The summed E-state index contributed by atoms with van der Waals surface area (Å²) in [7, 11) is 0. The van der Waals surface area contributed by atoms with E-state index in [0.29, 0.717) is 16.6 Å². The summed E-state index contributed by atoms with van der Waals surface area (Å²) >= 11 is 1.24. The molecule has 0 saturated carbocycles. The van der Waals surface area contributed by atoms with Gasteiger partial charge in [-0.25, -0.2) is 4.98 Å². The molecule has 3 rings (SSSR count). The zero-order valence-electron chi connectivity index (χ0n) is 14.6. The third-order valence-corrected chi connectivity index (χ3v) is 4.53. The molecular formula is C20H19N3O3S. The molecule has 2 amide bonds. The Kier molecular flexibility index (Phi) is 6.17. The summed E-state index contributed by atoms with van der Waals surface area (Å²) in [6, 6.07) is 17.7. The van der Waals surface area contributed by atoms with Crippen LogP contribution in [-0.2, 0) is 22.4 Å². The number of nitrogens with one attached hydrogen (secondary N) is 1. The van der Waals surface area contributed by atoms with Crippen molar-refractivity contribution in [1.29, 1.82) is 0 Å². The molecule has 0 spiro atoms. The highest BCUT2D eigenvalue weighted by atomic mass is 32.1. The van der Waals surface area contributed by atoms with Crippen molar-refractivity contribution in [2.45, 2.75) is 12.8 Å². The molecule has 2 aromatic carbocycles. The van der Waals surface area contributed by atoms with Crippen molar-refractivity contribution in [1.82, 2.24) is 4.98 Å². The van der Waals surface area contributed by atoms with Crippen LogP contribution in [0.1, 0.15) is 16.8 Å². The molecule has 0 atom stereocenters. The standard InChI is InChI=1S/C20H19N3O3S/c21-18(24)11-16-13-27-20(22-16)23-19(25)12-26-17-9-5-4-8-15(17)10-14-6-2-1-3-7-14/h1-9,13H,10-12H2,(H2,21,24)(H,22,23,25). The Labute approximate surface area is 161 Å². The molecule has 1 heterocycles. The lowest BCUT2D eigenvalue weighted by atomic mass is 10.0. The predicted molar refractivity (Wildman–Crippen MR) is 105 cm³/mol. The lowest BCUT2D eigenvalue weighted by molar-refractivity contribution is -0.118. The number of hydrogen-bond acceptors (Lipinski definition) is 5. The van der Waals surface area contributed by atoms with E-state index in [1.807, 2.05) is 42.5 Å². The van der Waals surface area contributed by atoms with Gasteiger partial charge >= 0.3 is 0 Å². The average molecular weight is 381 g/mol. The molecule has 0 aliphatic heterocycles. The Bertz CT molecular complexity index is 925. The van der Waals surface area contributed by atoms with Gasteiger partial charge in [0.2, 0.25) is 5.91 Å². The van der Waals surface area contributed by atoms with Crippen LogP contribution >= 0.6 is 11.3 Å². The number of anilines is 1. The fourth-order valence-corrected chi connectivity index (χ4v) is 3.26. The number of carbonyl (C=O) groups is 2. The van der Waals surface area contributed by atoms with Crippen molar-refractivity contribution in [3.05, 3.63) is 76.8 Å². The van der Waals surface area contributed by atoms with E-state index in [4.69, 9.17) is 10.5 Å². The Balaban J connectivity index is 1.57. The van der Waals surface area contributed by atoms with Crippen LogP contribution in [0.2, 0.25) is 0 Å². The lowest BCUT2D eigenvalue weighted by Crippen LogP contribution is -2.20. The molecule has 0 aliphatic carbocycles. The van der Waals surface area contributed by atoms with Crippen LogP contribution < -0.4 is 15.8 Å². The van der Waals surface area contributed by atoms with Crippen LogP contribution in [0.15, 0.2) is 60.0 Å². The fourth-order valence-electron chi connectivity index (χ4n) is 2.53. The van der Waals surface area contributed by atoms with E-state index in [-0.39, 0.29) is 18.9 Å². The van der Waals surface area contributed by atoms with Gasteiger partial charge in [0, 0.05) is 11.8 Å². The van der Waals surface area contributed by atoms with Gasteiger partial charge in [-0.1, -0.05) is 48.5 Å². The summed E-state index contributed by atoms with van der Waals surface area (Å²) in [5.41, 5.74) is 7.85. The van der Waals surface area contributed by atoms with Crippen LogP contribution in [0.4, 0.5) is 5.13 Å². The normalized spacial score (nSPS) is 10.4. The highest BCUT2D eigenvalue weighted by molar-refractivity contribution is 7.13. The van der Waals surface area contributed by atoms with Crippen molar-refractivity contribution in [2.75, 3.05) is 11.9 Å². The smallest absolute Gasteiger partial charge is 0.264 e. The maximum atomic E-state index is 12.1. The maximum Gasteiger partial charge on any atom is 0.264 e. The number of nitrogens with two attached hydrogens (primary N) is 1. The van der Waals surface area contributed by atoms with E-state index in [1.165, 1.54) is 16.9 Å². The summed E-state index contributed by atoms with van der Waals surface area (Å²) < 4.78 is 5.71. The molecule has 6 nitrogen and oxygen atoms in total. The van der Waals surface area contributed by atoms with Crippen molar-refractivity contribution < 1.29 is 14.3 Å². The number of carbonyl (C=O) groups excluding carboxylic acids is 2. The Morgan fingerprint density at radius 1 is 1.07 bits per heavy atom. The first-order valence-electron chi connectivity index (χ1n) is 8.37. The second-order valence-corrected chi connectivity index (χ2v) is 6.75. The molecule has 1 aromatic heterocycles. The highest BCUT2D eigenvalue weighted by Crippen LogP contribution is 2.22. The number of nitrogens with zero attached hydrogens (tertiary/aromatic N) is 1. The molecule has 0 radical (unpaired) electrons. The topological polar surface area (TPSA) is 94.3 Å². The minimum absolute atomic E-state index is 0.0513. The quantitative estimate of drug-likeness (QED) is 0.627. The molecule has 7 heteroatoms. The van der Waals surface area contributed by atoms with Gasteiger partial charge in [-0.15, -0.1) is 11.3 Å². The van der Waals surface area contributed by atoms with Crippen LogP contribution in [-0.4, -0.2) is 23.4 Å². The fraction of sp³-hybridized carbons (Fsp3) is 0.150. The van der Waals surface area contributed by atoms with E-state index < -0.39 is 5.91 Å².